The highest BCUT2D eigenvalue weighted by molar-refractivity contribution is 5.91. The smallest absolute Gasteiger partial charge is 0.414 e. The second kappa shape index (κ2) is 5.41. The number of carbonyl (C=O) groups excluding carboxylic acids is 2. The summed E-state index contributed by atoms with van der Waals surface area (Å²) in [6, 6.07) is 1.61. The van der Waals surface area contributed by atoms with Crippen LogP contribution in [0.4, 0.5) is 25.0 Å². The van der Waals surface area contributed by atoms with E-state index in [0.29, 0.717) is 0 Å². The number of carbonyl (C=O) groups is 2. The normalized spacial score (nSPS) is 21.3. The summed E-state index contributed by atoms with van der Waals surface area (Å²) in [6.45, 7) is 0.0969. The molecule has 1 atom stereocenters. The first kappa shape index (κ1) is 14.5. The van der Waals surface area contributed by atoms with Crippen molar-refractivity contribution in [2.75, 3.05) is 36.2 Å². The standard InChI is InChI=1S/C13H14F2N4O3/c14-9-1-7(19-8(3-16)5-22-13(19)21)2-10(15)12(9)18-4-11(20)17-6-18/h1-2,8H,3-6,16H2,(H,17,20). The van der Waals surface area contributed by atoms with E-state index < -0.39 is 23.8 Å². The van der Waals surface area contributed by atoms with Crippen LogP contribution < -0.4 is 20.9 Å². The van der Waals surface area contributed by atoms with Crippen LogP contribution in [0.25, 0.3) is 0 Å². The van der Waals surface area contributed by atoms with E-state index in [9.17, 15) is 18.4 Å². The van der Waals surface area contributed by atoms with Crippen LogP contribution in [0.2, 0.25) is 0 Å². The Labute approximate surface area is 124 Å². The molecule has 3 N–H and O–H groups in total. The molecule has 1 aromatic rings. The van der Waals surface area contributed by atoms with Gasteiger partial charge in [0.05, 0.1) is 24.9 Å². The molecule has 1 unspecified atom stereocenters. The van der Waals surface area contributed by atoms with Crippen LogP contribution in [-0.4, -0.2) is 44.4 Å². The zero-order chi connectivity index (χ0) is 15.9. The maximum Gasteiger partial charge on any atom is 0.414 e. The maximum absolute atomic E-state index is 14.3. The van der Waals surface area contributed by atoms with Crippen molar-refractivity contribution in [2.45, 2.75) is 6.04 Å². The van der Waals surface area contributed by atoms with Crippen molar-refractivity contribution >= 4 is 23.4 Å². The summed E-state index contributed by atoms with van der Waals surface area (Å²) >= 11 is 0. The minimum Gasteiger partial charge on any atom is -0.447 e. The van der Waals surface area contributed by atoms with Gasteiger partial charge in [-0.25, -0.2) is 13.6 Å². The number of nitrogens with one attached hydrogen (secondary N) is 1. The van der Waals surface area contributed by atoms with E-state index in [1.54, 1.807) is 0 Å². The average Bonchev–Trinajstić information content (AvgIpc) is 3.04. The topological polar surface area (TPSA) is 87.9 Å². The third kappa shape index (κ3) is 2.33. The summed E-state index contributed by atoms with van der Waals surface area (Å²) in [5.74, 6) is -2.03. The molecule has 2 aliphatic rings. The third-order valence-electron chi connectivity index (χ3n) is 3.63. The largest absolute Gasteiger partial charge is 0.447 e. The van der Waals surface area contributed by atoms with Crippen molar-refractivity contribution in [2.24, 2.45) is 5.73 Å². The lowest BCUT2D eigenvalue weighted by Gasteiger charge is -2.23. The van der Waals surface area contributed by atoms with Crippen molar-refractivity contribution < 1.29 is 23.1 Å². The lowest BCUT2D eigenvalue weighted by Crippen LogP contribution is -2.39. The van der Waals surface area contributed by atoms with Crippen molar-refractivity contribution in [3.63, 3.8) is 0 Å². The third-order valence-corrected chi connectivity index (χ3v) is 3.63. The molecule has 0 aromatic heterocycles. The van der Waals surface area contributed by atoms with Crippen molar-refractivity contribution in [3.05, 3.63) is 23.8 Å². The average molecular weight is 312 g/mol. The molecule has 2 fully saturated rings. The van der Waals surface area contributed by atoms with Crippen LogP contribution in [0.5, 0.6) is 0 Å². The number of benzene rings is 1. The van der Waals surface area contributed by atoms with Gasteiger partial charge in [0.15, 0.2) is 11.6 Å². The zero-order valence-electron chi connectivity index (χ0n) is 11.5. The van der Waals surface area contributed by atoms with Crippen LogP contribution in [0.1, 0.15) is 0 Å². The highest BCUT2D eigenvalue weighted by atomic mass is 19.1. The predicted octanol–water partition coefficient (Wildman–Crippen LogP) is 0.142. The van der Waals surface area contributed by atoms with Crippen LogP contribution in [-0.2, 0) is 9.53 Å². The van der Waals surface area contributed by atoms with Crippen LogP contribution in [0.15, 0.2) is 12.1 Å². The van der Waals surface area contributed by atoms with Gasteiger partial charge >= 0.3 is 6.09 Å². The highest BCUT2D eigenvalue weighted by Gasteiger charge is 2.35. The fourth-order valence-corrected chi connectivity index (χ4v) is 2.57. The lowest BCUT2D eigenvalue weighted by molar-refractivity contribution is -0.118. The molecule has 0 saturated carbocycles. The molecule has 3 rings (SSSR count). The molecule has 0 spiro atoms. The van der Waals surface area contributed by atoms with Crippen molar-refractivity contribution in [1.29, 1.82) is 0 Å². The van der Waals surface area contributed by atoms with Gasteiger partial charge in [-0.15, -0.1) is 0 Å². The number of cyclic esters (lactones) is 1. The molecule has 0 bridgehead atoms. The number of hydrogen-bond donors (Lipinski definition) is 2. The quantitative estimate of drug-likeness (QED) is 0.829. The molecule has 1 aromatic carbocycles. The Kier molecular flexibility index (Phi) is 3.57. The van der Waals surface area contributed by atoms with E-state index >= 15 is 0 Å². The predicted molar refractivity (Wildman–Crippen MR) is 73.4 cm³/mol. The Morgan fingerprint density at radius 2 is 2.00 bits per heavy atom. The summed E-state index contributed by atoms with van der Waals surface area (Å²) in [7, 11) is 0. The summed E-state index contributed by atoms with van der Waals surface area (Å²) in [4.78, 5) is 25.2. The van der Waals surface area contributed by atoms with Gasteiger partial charge in [-0.05, 0) is 0 Å². The van der Waals surface area contributed by atoms with Crippen molar-refractivity contribution in [3.8, 4) is 0 Å². The second-order valence-corrected chi connectivity index (χ2v) is 5.05. The van der Waals surface area contributed by atoms with Crippen LogP contribution >= 0.6 is 0 Å². The highest BCUT2D eigenvalue weighted by Crippen LogP contribution is 2.31. The molecule has 0 aliphatic carbocycles. The molecule has 2 heterocycles. The first-order chi connectivity index (χ1) is 10.5. The Morgan fingerprint density at radius 3 is 2.55 bits per heavy atom. The van der Waals surface area contributed by atoms with E-state index in [1.165, 1.54) is 4.90 Å². The minimum atomic E-state index is -0.859. The molecular formula is C13H14F2N4O3. The molecule has 9 heteroatoms. The Balaban J connectivity index is 1.95. The molecule has 2 amide bonds. The molecular weight excluding hydrogens is 298 g/mol. The molecule has 2 aliphatic heterocycles. The minimum absolute atomic E-state index is 0.0310. The maximum atomic E-state index is 14.3. The molecule has 2 saturated heterocycles. The van der Waals surface area contributed by atoms with Gasteiger partial charge in [-0.2, -0.15) is 0 Å². The van der Waals surface area contributed by atoms with Crippen molar-refractivity contribution in [1.82, 2.24) is 5.32 Å². The van der Waals surface area contributed by atoms with Gasteiger partial charge in [-0.1, -0.05) is 0 Å². The van der Waals surface area contributed by atoms with E-state index in [-0.39, 0.29) is 43.6 Å². The number of anilines is 2. The second-order valence-electron chi connectivity index (χ2n) is 5.05. The molecule has 22 heavy (non-hydrogen) atoms. The van der Waals surface area contributed by atoms with Gasteiger partial charge in [0.2, 0.25) is 5.91 Å². The number of ether oxygens (including phenoxy) is 1. The summed E-state index contributed by atoms with van der Waals surface area (Å²) in [5, 5.41) is 2.47. The molecule has 0 radical (unpaired) electrons. The van der Waals surface area contributed by atoms with Gasteiger partial charge < -0.3 is 20.7 Å². The summed E-state index contributed by atoms with van der Waals surface area (Å²) in [6.07, 6.45) is -0.694. The number of nitrogens with zero attached hydrogens (tertiary/aromatic N) is 2. The van der Waals surface area contributed by atoms with Gasteiger partial charge in [0.25, 0.3) is 0 Å². The molecule has 118 valence electrons. The number of halogens is 2. The Bertz CT molecular complexity index is 617. The number of hydrogen-bond acceptors (Lipinski definition) is 5. The van der Waals surface area contributed by atoms with Crippen LogP contribution in [0.3, 0.4) is 0 Å². The van der Waals surface area contributed by atoms with Crippen LogP contribution in [0, 0.1) is 11.6 Å². The number of amides is 2. The van der Waals surface area contributed by atoms with E-state index in [2.05, 4.69) is 5.32 Å². The fourth-order valence-electron chi connectivity index (χ4n) is 2.57. The Morgan fingerprint density at radius 1 is 1.32 bits per heavy atom. The SMILES string of the molecule is NCC1COC(=O)N1c1cc(F)c(N2CNC(=O)C2)c(F)c1. The zero-order valence-corrected chi connectivity index (χ0v) is 11.5. The lowest BCUT2D eigenvalue weighted by atomic mass is 10.2. The van der Waals surface area contributed by atoms with E-state index in [0.717, 1.165) is 17.0 Å². The fraction of sp³-hybridized carbons (Fsp3) is 0.385. The van der Waals surface area contributed by atoms with E-state index in [4.69, 9.17) is 10.5 Å². The van der Waals surface area contributed by atoms with E-state index in [1.807, 2.05) is 0 Å². The van der Waals surface area contributed by atoms with Gasteiger partial charge in [-0.3, -0.25) is 9.69 Å². The molecule has 7 nitrogen and oxygen atoms in total. The van der Waals surface area contributed by atoms with Gasteiger partial charge in [0.1, 0.15) is 12.3 Å². The summed E-state index contributed by atoms with van der Waals surface area (Å²) in [5.41, 5.74) is 5.26. The number of rotatable bonds is 3. The first-order valence-electron chi connectivity index (χ1n) is 6.68. The monoisotopic (exact) mass is 312 g/mol. The Hall–Kier alpha value is -2.42. The summed E-state index contributed by atoms with van der Waals surface area (Å²) < 4.78 is 33.4. The van der Waals surface area contributed by atoms with Gasteiger partial charge in [0, 0.05) is 18.7 Å². The number of nitrogens with two attached hydrogens (primary N) is 1. The first-order valence-corrected chi connectivity index (χ1v) is 6.68.